The zero-order valence-electron chi connectivity index (χ0n) is 12.7. The lowest BCUT2D eigenvalue weighted by Gasteiger charge is -2.07. The van der Waals surface area contributed by atoms with Crippen LogP contribution in [-0.2, 0) is 4.79 Å². The SMILES string of the molecule is CC(=O)NCCNC(=O)c1ccc2c(c1)C(=O)c1ccccc1-2. The van der Waals surface area contributed by atoms with E-state index in [9.17, 15) is 14.4 Å². The second kappa shape index (κ2) is 6.04. The molecule has 2 aromatic carbocycles. The van der Waals surface area contributed by atoms with E-state index >= 15 is 0 Å². The first kappa shape index (κ1) is 15.0. The predicted octanol–water partition coefficient (Wildman–Crippen LogP) is 1.76. The Kier molecular flexibility index (Phi) is 3.93. The third-order valence-electron chi connectivity index (χ3n) is 3.77. The summed E-state index contributed by atoms with van der Waals surface area (Å²) in [7, 11) is 0. The van der Waals surface area contributed by atoms with Crippen LogP contribution in [0.4, 0.5) is 0 Å². The summed E-state index contributed by atoms with van der Waals surface area (Å²) in [6.45, 7) is 2.13. The molecule has 0 radical (unpaired) electrons. The average Bonchev–Trinajstić information content (AvgIpc) is 2.84. The Hall–Kier alpha value is -2.95. The number of ketones is 1. The molecule has 1 aliphatic carbocycles. The Labute approximate surface area is 133 Å². The van der Waals surface area contributed by atoms with Crippen LogP contribution in [0.25, 0.3) is 11.1 Å². The molecule has 0 spiro atoms. The summed E-state index contributed by atoms with van der Waals surface area (Å²) in [5, 5.41) is 5.32. The standard InChI is InChI=1S/C18H16N2O3/c1-11(21)19-8-9-20-18(23)12-6-7-14-13-4-2-3-5-15(13)17(22)16(14)10-12/h2-7,10H,8-9H2,1H3,(H,19,21)(H,20,23). The quantitative estimate of drug-likeness (QED) is 0.721. The van der Waals surface area contributed by atoms with Gasteiger partial charge >= 0.3 is 0 Å². The molecular weight excluding hydrogens is 292 g/mol. The largest absolute Gasteiger partial charge is 0.355 e. The molecule has 0 atom stereocenters. The average molecular weight is 308 g/mol. The third kappa shape index (κ3) is 2.85. The summed E-state index contributed by atoms with van der Waals surface area (Å²) in [5.74, 6) is -0.453. The Balaban J connectivity index is 1.76. The van der Waals surface area contributed by atoms with Crippen molar-refractivity contribution in [3.8, 4) is 11.1 Å². The minimum atomic E-state index is -0.262. The first-order valence-corrected chi connectivity index (χ1v) is 7.38. The molecule has 0 aromatic heterocycles. The van der Waals surface area contributed by atoms with Crippen LogP contribution in [0.15, 0.2) is 42.5 Å². The number of hydrogen-bond acceptors (Lipinski definition) is 3. The minimum absolute atomic E-state index is 0.0523. The second-order valence-electron chi connectivity index (χ2n) is 5.37. The molecule has 0 saturated carbocycles. The van der Waals surface area contributed by atoms with Crippen molar-refractivity contribution in [3.63, 3.8) is 0 Å². The molecule has 0 bridgehead atoms. The number of hydrogen-bond donors (Lipinski definition) is 2. The van der Waals surface area contributed by atoms with Gasteiger partial charge in [-0.25, -0.2) is 0 Å². The topological polar surface area (TPSA) is 75.3 Å². The van der Waals surface area contributed by atoms with Gasteiger partial charge in [-0.15, -0.1) is 0 Å². The van der Waals surface area contributed by atoms with Crippen molar-refractivity contribution < 1.29 is 14.4 Å². The molecule has 23 heavy (non-hydrogen) atoms. The molecule has 0 saturated heterocycles. The fourth-order valence-electron chi connectivity index (χ4n) is 2.69. The lowest BCUT2D eigenvalue weighted by Crippen LogP contribution is -2.33. The molecule has 2 amide bonds. The van der Waals surface area contributed by atoms with E-state index in [1.165, 1.54) is 6.92 Å². The van der Waals surface area contributed by atoms with Crippen LogP contribution in [0.2, 0.25) is 0 Å². The van der Waals surface area contributed by atoms with Crippen LogP contribution < -0.4 is 10.6 Å². The van der Waals surface area contributed by atoms with Crippen molar-refractivity contribution in [2.45, 2.75) is 6.92 Å². The van der Waals surface area contributed by atoms with E-state index in [4.69, 9.17) is 0 Å². The summed E-state index contributed by atoms with van der Waals surface area (Å²) in [4.78, 5) is 35.3. The van der Waals surface area contributed by atoms with Gasteiger partial charge in [0.05, 0.1) is 0 Å². The van der Waals surface area contributed by atoms with Crippen molar-refractivity contribution in [1.29, 1.82) is 0 Å². The van der Waals surface area contributed by atoms with Crippen LogP contribution in [0.5, 0.6) is 0 Å². The van der Waals surface area contributed by atoms with Crippen molar-refractivity contribution in [3.05, 3.63) is 59.2 Å². The maximum absolute atomic E-state index is 12.4. The van der Waals surface area contributed by atoms with Crippen LogP contribution in [-0.4, -0.2) is 30.7 Å². The molecule has 116 valence electrons. The lowest BCUT2D eigenvalue weighted by atomic mass is 10.0. The van der Waals surface area contributed by atoms with Gasteiger partial charge in [-0.05, 0) is 23.3 Å². The normalized spacial score (nSPS) is 11.6. The smallest absolute Gasteiger partial charge is 0.251 e. The number of carbonyl (C=O) groups excluding carboxylic acids is 3. The molecule has 2 aromatic rings. The van der Waals surface area contributed by atoms with Crippen LogP contribution in [0, 0.1) is 0 Å². The summed E-state index contributed by atoms with van der Waals surface area (Å²) < 4.78 is 0. The second-order valence-corrected chi connectivity index (χ2v) is 5.37. The van der Waals surface area contributed by atoms with E-state index < -0.39 is 0 Å². The van der Waals surface area contributed by atoms with E-state index in [-0.39, 0.29) is 17.6 Å². The van der Waals surface area contributed by atoms with E-state index in [1.807, 2.05) is 24.3 Å². The van der Waals surface area contributed by atoms with Crippen molar-refractivity contribution in [2.75, 3.05) is 13.1 Å². The van der Waals surface area contributed by atoms with Gasteiger partial charge in [-0.2, -0.15) is 0 Å². The monoisotopic (exact) mass is 308 g/mol. The van der Waals surface area contributed by atoms with E-state index in [0.29, 0.717) is 29.8 Å². The molecule has 0 fully saturated rings. The number of rotatable bonds is 4. The Morgan fingerprint density at radius 2 is 1.52 bits per heavy atom. The molecule has 1 aliphatic rings. The van der Waals surface area contributed by atoms with Crippen LogP contribution >= 0.6 is 0 Å². The molecule has 2 N–H and O–H groups in total. The zero-order valence-corrected chi connectivity index (χ0v) is 12.7. The fourth-order valence-corrected chi connectivity index (χ4v) is 2.69. The highest BCUT2D eigenvalue weighted by Crippen LogP contribution is 2.36. The zero-order chi connectivity index (χ0) is 16.4. The number of benzene rings is 2. The van der Waals surface area contributed by atoms with Gasteiger partial charge in [0.25, 0.3) is 5.91 Å². The van der Waals surface area contributed by atoms with Gasteiger partial charge in [-0.1, -0.05) is 30.3 Å². The minimum Gasteiger partial charge on any atom is -0.355 e. The first-order valence-electron chi connectivity index (χ1n) is 7.38. The van der Waals surface area contributed by atoms with Crippen molar-refractivity contribution >= 4 is 17.6 Å². The Bertz CT molecular complexity index is 812. The number of nitrogens with one attached hydrogen (secondary N) is 2. The van der Waals surface area contributed by atoms with Gasteiger partial charge in [0, 0.05) is 36.7 Å². The van der Waals surface area contributed by atoms with Crippen molar-refractivity contribution in [2.24, 2.45) is 0 Å². The highest BCUT2D eigenvalue weighted by Gasteiger charge is 2.26. The molecule has 3 rings (SSSR count). The Morgan fingerprint density at radius 1 is 0.870 bits per heavy atom. The first-order chi connectivity index (χ1) is 11.1. The summed E-state index contributed by atoms with van der Waals surface area (Å²) >= 11 is 0. The molecular formula is C18H16N2O3. The van der Waals surface area contributed by atoms with Crippen LogP contribution in [0.1, 0.15) is 33.2 Å². The van der Waals surface area contributed by atoms with Gasteiger partial charge in [0.2, 0.25) is 5.91 Å². The van der Waals surface area contributed by atoms with E-state index in [0.717, 1.165) is 11.1 Å². The maximum Gasteiger partial charge on any atom is 0.251 e. The van der Waals surface area contributed by atoms with Gasteiger partial charge in [0.15, 0.2) is 5.78 Å². The van der Waals surface area contributed by atoms with Crippen molar-refractivity contribution in [1.82, 2.24) is 10.6 Å². The van der Waals surface area contributed by atoms with E-state index in [2.05, 4.69) is 10.6 Å². The maximum atomic E-state index is 12.4. The molecule has 0 aliphatic heterocycles. The lowest BCUT2D eigenvalue weighted by molar-refractivity contribution is -0.118. The highest BCUT2D eigenvalue weighted by molar-refractivity contribution is 6.22. The molecule has 5 nitrogen and oxygen atoms in total. The Morgan fingerprint density at radius 3 is 2.26 bits per heavy atom. The van der Waals surface area contributed by atoms with Crippen LogP contribution in [0.3, 0.4) is 0 Å². The molecule has 0 unspecified atom stereocenters. The predicted molar refractivity (Wildman–Crippen MR) is 86.3 cm³/mol. The summed E-state index contributed by atoms with van der Waals surface area (Å²) in [6.07, 6.45) is 0. The summed E-state index contributed by atoms with van der Waals surface area (Å²) in [6, 6.07) is 12.6. The van der Waals surface area contributed by atoms with Gasteiger partial charge in [0.1, 0.15) is 0 Å². The van der Waals surface area contributed by atoms with E-state index in [1.54, 1.807) is 18.2 Å². The third-order valence-corrected chi connectivity index (χ3v) is 3.77. The molecule has 5 heteroatoms. The van der Waals surface area contributed by atoms with Gasteiger partial charge in [-0.3, -0.25) is 14.4 Å². The molecule has 0 heterocycles. The van der Waals surface area contributed by atoms with Gasteiger partial charge < -0.3 is 10.6 Å². The fraction of sp³-hybridized carbons (Fsp3) is 0.167. The number of fused-ring (bicyclic) bond motifs is 3. The number of carbonyl (C=O) groups is 3. The summed E-state index contributed by atoms with van der Waals surface area (Å²) in [5.41, 5.74) is 3.43. The highest BCUT2D eigenvalue weighted by atomic mass is 16.2. The number of amides is 2.